The molecule has 0 unspecified atom stereocenters. The highest BCUT2D eigenvalue weighted by atomic mass is 32.2. The molecule has 1 heterocycles. The van der Waals surface area contributed by atoms with Gasteiger partial charge in [0.05, 0.1) is 7.11 Å². The second-order valence-electron chi connectivity index (χ2n) is 1.35. The van der Waals surface area contributed by atoms with Crippen molar-refractivity contribution in [2.24, 2.45) is 0 Å². The zero-order chi connectivity index (χ0) is 5.82. The summed E-state index contributed by atoms with van der Waals surface area (Å²) in [6, 6.07) is 0. The van der Waals surface area contributed by atoms with E-state index in [2.05, 4.69) is 0 Å². The third-order valence-electron chi connectivity index (χ3n) is 0.857. The van der Waals surface area contributed by atoms with Gasteiger partial charge in [0.2, 0.25) is 0 Å². The molecule has 0 fully saturated rings. The topological polar surface area (TPSA) is 9.23 Å². The van der Waals surface area contributed by atoms with Crippen molar-refractivity contribution in [2.45, 2.75) is 0 Å². The van der Waals surface area contributed by atoms with E-state index in [1.165, 1.54) is 0 Å². The SMILES string of the molecule is COC1=C[CH]SC=C1. The van der Waals surface area contributed by atoms with Crippen LogP contribution in [0.4, 0.5) is 0 Å². The van der Waals surface area contributed by atoms with E-state index in [0.717, 1.165) is 5.76 Å². The molecule has 0 aromatic carbocycles. The number of thioether (sulfide) groups is 1. The van der Waals surface area contributed by atoms with Gasteiger partial charge in [-0.05, 0) is 17.6 Å². The van der Waals surface area contributed by atoms with Crippen LogP contribution in [-0.4, -0.2) is 7.11 Å². The molecule has 0 aliphatic carbocycles. The minimum atomic E-state index is 0.920. The van der Waals surface area contributed by atoms with Gasteiger partial charge in [0, 0.05) is 5.75 Å². The summed E-state index contributed by atoms with van der Waals surface area (Å²) in [6.45, 7) is 0. The number of hydrogen-bond donors (Lipinski definition) is 0. The van der Waals surface area contributed by atoms with Gasteiger partial charge >= 0.3 is 0 Å². The predicted octanol–water partition coefficient (Wildman–Crippen LogP) is 1.94. The molecule has 1 aliphatic rings. The number of hydrogen-bond acceptors (Lipinski definition) is 2. The Labute approximate surface area is 53.4 Å². The molecule has 1 radical (unpaired) electrons. The fraction of sp³-hybridized carbons (Fsp3) is 0.167. The first kappa shape index (κ1) is 5.76. The highest BCUT2D eigenvalue weighted by Gasteiger charge is 1.93. The lowest BCUT2D eigenvalue weighted by atomic mass is 10.4. The van der Waals surface area contributed by atoms with Crippen LogP contribution in [0, 0.1) is 5.75 Å². The Morgan fingerprint density at radius 2 is 2.50 bits per heavy atom. The Morgan fingerprint density at radius 3 is 2.88 bits per heavy atom. The molecule has 2 heteroatoms. The van der Waals surface area contributed by atoms with Crippen LogP contribution < -0.4 is 0 Å². The Kier molecular flexibility index (Phi) is 2.03. The van der Waals surface area contributed by atoms with Gasteiger partial charge in [-0.1, -0.05) is 0 Å². The van der Waals surface area contributed by atoms with Crippen molar-refractivity contribution in [3.63, 3.8) is 0 Å². The highest BCUT2D eigenvalue weighted by molar-refractivity contribution is 8.04. The third-order valence-corrected chi connectivity index (χ3v) is 1.44. The largest absolute Gasteiger partial charge is 0.497 e. The Balaban J connectivity index is 2.51. The molecule has 0 bridgehead atoms. The van der Waals surface area contributed by atoms with Gasteiger partial charge in [-0.25, -0.2) is 0 Å². The molecule has 0 saturated heterocycles. The van der Waals surface area contributed by atoms with Crippen molar-refractivity contribution >= 4 is 11.8 Å². The lowest BCUT2D eigenvalue weighted by molar-refractivity contribution is 0.306. The zero-order valence-electron chi connectivity index (χ0n) is 4.63. The number of ether oxygens (including phenoxy) is 1. The van der Waals surface area contributed by atoms with E-state index in [-0.39, 0.29) is 0 Å². The fourth-order valence-electron chi connectivity index (χ4n) is 0.450. The van der Waals surface area contributed by atoms with E-state index in [4.69, 9.17) is 4.74 Å². The molecule has 0 aromatic heterocycles. The van der Waals surface area contributed by atoms with Crippen LogP contribution in [0.3, 0.4) is 0 Å². The Bertz CT molecular complexity index is 126. The maximum atomic E-state index is 4.92. The molecule has 0 N–H and O–H groups in total. The van der Waals surface area contributed by atoms with Crippen molar-refractivity contribution in [2.75, 3.05) is 7.11 Å². The first-order valence-corrected chi connectivity index (χ1v) is 3.27. The van der Waals surface area contributed by atoms with Gasteiger partial charge in [-0.2, -0.15) is 0 Å². The summed E-state index contributed by atoms with van der Waals surface area (Å²) in [5.41, 5.74) is 0. The average molecular weight is 127 g/mol. The maximum Gasteiger partial charge on any atom is 0.116 e. The van der Waals surface area contributed by atoms with Crippen molar-refractivity contribution in [3.8, 4) is 0 Å². The van der Waals surface area contributed by atoms with Crippen molar-refractivity contribution in [1.29, 1.82) is 0 Å². The summed E-state index contributed by atoms with van der Waals surface area (Å²) < 4.78 is 4.92. The van der Waals surface area contributed by atoms with Crippen LogP contribution in [0.15, 0.2) is 23.3 Å². The lowest BCUT2D eigenvalue weighted by Crippen LogP contribution is -1.82. The third kappa shape index (κ3) is 1.30. The van der Waals surface area contributed by atoms with E-state index >= 15 is 0 Å². The zero-order valence-corrected chi connectivity index (χ0v) is 5.44. The normalized spacial score (nSPS) is 17.9. The summed E-state index contributed by atoms with van der Waals surface area (Å²) >= 11 is 1.65. The number of rotatable bonds is 1. The second kappa shape index (κ2) is 2.82. The van der Waals surface area contributed by atoms with Crippen LogP contribution in [-0.2, 0) is 4.74 Å². The van der Waals surface area contributed by atoms with Crippen LogP contribution in [0.25, 0.3) is 0 Å². The summed E-state index contributed by atoms with van der Waals surface area (Å²) in [7, 11) is 1.67. The molecule has 0 spiro atoms. The molecule has 0 amide bonds. The predicted molar refractivity (Wildman–Crippen MR) is 36.1 cm³/mol. The van der Waals surface area contributed by atoms with Crippen LogP contribution in [0.1, 0.15) is 0 Å². The van der Waals surface area contributed by atoms with Gasteiger partial charge in [-0.3, -0.25) is 0 Å². The molecule has 1 aliphatic heterocycles. The van der Waals surface area contributed by atoms with Crippen LogP contribution in [0.2, 0.25) is 0 Å². The van der Waals surface area contributed by atoms with E-state index in [1.54, 1.807) is 18.9 Å². The van der Waals surface area contributed by atoms with E-state index < -0.39 is 0 Å². The minimum Gasteiger partial charge on any atom is -0.497 e. The molecule has 43 valence electrons. The monoisotopic (exact) mass is 127 g/mol. The van der Waals surface area contributed by atoms with Crippen LogP contribution >= 0.6 is 11.8 Å². The molecule has 1 rings (SSSR count). The van der Waals surface area contributed by atoms with E-state index in [9.17, 15) is 0 Å². The molecule has 8 heavy (non-hydrogen) atoms. The van der Waals surface area contributed by atoms with Crippen molar-refractivity contribution in [1.82, 2.24) is 0 Å². The van der Waals surface area contributed by atoms with E-state index in [0.29, 0.717) is 0 Å². The quantitative estimate of drug-likeness (QED) is 0.532. The Morgan fingerprint density at radius 1 is 1.62 bits per heavy atom. The fourth-order valence-corrected chi connectivity index (χ4v) is 0.966. The molecule has 0 atom stereocenters. The van der Waals surface area contributed by atoms with Crippen molar-refractivity contribution in [3.05, 3.63) is 29.1 Å². The lowest BCUT2D eigenvalue weighted by Gasteiger charge is -2.02. The molecular formula is C6H7OS. The number of allylic oxidation sites excluding steroid dienone is 1. The Hall–Kier alpha value is -0.370. The standard InChI is InChI=1S/C6H7OS/c1-7-6-2-4-8-5-3-6/h2-5H,1H3. The molecule has 0 aromatic rings. The summed E-state index contributed by atoms with van der Waals surface area (Å²) in [5, 5.41) is 1.98. The highest BCUT2D eigenvalue weighted by Crippen LogP contribution is 2.17. The molecule has 0 saturated carbocycles. The van der Waals surface area contributed by atoms with Gasteiger partial charge in [0.25, 0.3) is 0 Å². The summed E-state index contributed by atoms with van der Waals surface area (Å²) in [4.78, 5) is 0. The summed E-state index contributed by atoms with van der Waals surface area (Å²) in [6.07, 6.45) is 3.87. The average Bonchev–Trinajstić information content (AvgIpc) is 1.90. The van der Waals surface area contributed by atoms with Gasteiger partial charge in [0.15, 0.2) is 0 Å². The molecular weight excluding hydrogens is 120 g/mol. The molecule has 1 nitrogen and oxygen atoms in total. The second-order valence-corrected chi connectivity index (χ2v) is 2.16. The number of methoxy groups -OCH3 is 1. The van der Waals surface area contributed by atoms with Gasteiger partial charge in [-0.15, -0.1) is 11.8 Å². The first-order valence-electron chi connectivity index (χ1n) is 2.33. The maximum absolute atomic E-state index is 4.92. The van der Waals surface area contributed by atoms with Crippen LogP contribution in [0.5, 0.6) is 0 Å². The summed E-state index contributed by atoms with van der Waals surface area (Å²) in [5.74, 6) is 2.91. The van der Waals surface area contributed by atoms with Gasteiger partial charge in [0.1, 0.15) is 5.76 Å². The van der Waals surface area contributed by atoms with Crippen molar-refractivity contribution < 1.29 is 4.74 Å². The minimum absolute atomic E-state index is 0.920. The van der Waals surface area contributed by atoms with E-state index in [1.807, 2.05) is 23.3 Å². The smallest absolute Gasteiger partial charge is 0.116 e. The van der Waals surface area contributed by atoms with Gasteiger partial charge < -0.3 is 4.74 Å². The first-order chi connectivity index (χ1) is 3.93.